The van der Waals surface area contributed by atoms with E-state index >= 15 is 0 Å². The van der Waals surface area contributed by atoms with Crippen molar-refractivity contribution in [1.82, 2.24) is 0 Å². The average Bonchev–Trinajstić information content (AvgIpc) is 2.87. The van der Waals surface area contributed by atoms with Crippen LogP contribution in [-0.2, 0) is 0 Å². The van der Waals surface area contributed by atoms with Crippen molar-refractivity contribution in [1.29, 1.82) is 0 Å². The van der Waals surface area contributed by atoms with Crippen LogP contribution in [0, 0.1) is 0 Å². The van der Waals surface area contributed by atoms with Crippen LogP contribution in [0.4, 0.5) is 0 Å². The predicted octanol–water partition coefficient (Wildman–Crippen LogP) is 3.67. The molecule has 1 aromatic heterocycles. The third-order valence-electron chi connectivity index (χ3n) is 3.69. The standard InChI is InChI=1S/C15H27BO2S/c1-3-5-7-8-10-13(9-6-4-2)15-14(16(17)18)11-12-19-15/h11-13,17-18H,3-10H2,1-2H3. The third-order valence-corrected chi connectivity index (χ3v) is 4.78. The highest BCUT2D eigenvalue weighted by molar-refractivity contribution is 7.11. The maximum absolute atomic E-state index is 9.44. The molecule has 0 aliphatic heterocycles. The first kappa shape index (κ1) is 16.7. The van der Waals surface area contributed by atoms with Gasteiger partial charge in [0.25, 0.3) is 0 Å². The molecular weight excluding hydrogens is 255 g/mol. The van der Waals surface area contributed by atoms with Crippen molar-refractivity contribution in [2.75, 3.05) is 0 Å². The lowest BCUT2D eigenvalue weighted by Crippen LogP contribution is -2.32. The van der Waals surface area contributed by atoms with Gasteiger partial charge in [0.05, 0.1) is 0 Å². The molecule has 2 N–H and O–H groups in total. The van der Waals surface area contributed by atoms with E-state index in [4.69, 9.17) is 0 Å². The van der Waals surface area contributed by atoms with Crippen molar-refractivity contribution in [2.45, 2.75) is 71.1 Å². The van der Waals surface area contributed by atoms with E-state index in [9.17, 15) is 10.0 Å². The highest BCUT2D eigenvalue weighted by atomic mass is 32.1. The summed E-state index contributed by atoms with van der Waals surface area (Å²) in [6.07, 6.45) is 9.89. The van der Waals surface area contributed by atoms with E-state index in [1.165, 1.54) is 56.2 Å². The molecule has 0 bridgehead atoms. The van der Waals surface area contributed by atoms with Crippen LogP contribution in [-0.4, -0.2) is 17.2 Å². The number of thiophene rings is 1. The quantitative estimate of drug-likeness (QED) is 0.508. The Morgan fingerprint density at radius 2 is 1.74 bits per heavy atom. The van der Waals surface area contributed by atoms with Gasteiger partial charge in [-0.05, 0) is 29.6 Å². The largest absolute Gasteiger partial charge is 0.489 e. The van der Waals surface area contributed by atoms with Gasteiger partial charge in [0.15, 0.2) is 0 Å². The molecule has 0 amide bonds. The van der Waals surface area contributed by atoms with Crippen LogP contribution in [0.3, 0.4) is 0 Å². The Hall–Kier alpha value is -0.315. The molecule has 0 spiro atoms. The van der Waals surface area contributed by atoms with Gasteiger partial charge in [-0.1, -0.05) is 58.4 Å². The molecule has 0 saturated carbocycles. The Labute approximate surface area is 122 Å². The lowest BCUT2D eigenvalue weighted by Gasteiger charge is -2.17. The van der Waals surface area contributed by atoms with Crippen molar-refractivity contribution < 1.29 is 10.0 Å². The Kier molecular flexibility index (Phi) is 8.43. The lowest BCUT2D eigenvalue weighted by atomic mass is 9.77. The molecular formula is C15H27BO2S. The fourth-order valence-electron chi connectivity index (χ4n) is 2.55. The monoisotopic (exact) mass is 282 g/mol. The van der Waals surface area contributed by atoms with Gasteiger partial charge in [0, 0.05) is 4.88 Å². The van der Waals surface area contributed by atoms with E-state index in [1.807, 2.05) is 11.4 Å². The van der Waals surface area contributed by atoms with Crippen LogP contribution in [0.2, 0.25) is 0 Å². The molecule has 1 atom stereocenters. The van der Waals surface area contributed by atoms with E-state index in [0.29, 0.717) is 5.92 Å². The van der Waals surface area contributed by atoms with Gasteiger partial charge in [-0.25, -0.2) is 0 Å². The second kappa shape index (κ2) is 9.57. The Bertz CT molecular complexity index is 339. The SMILES string of the molecule is CCCCCCC(CCCC)c1sccc1B(O)O. The number of unbranched alkanes of at least 4 members (excludes halogenated alkanes) is 4. The van der Waals surface area contributed by atoms with E-state index < -0.39 is 7.12 Å². The molecule has 19 heavy (non-hydrogen) atoms. The molecule has 2 nitrogen and oxygen atoms in total. The normalized spacial score (nSPS) is 12.6. The highest BCUT2D eigenvalue weighted by Gasteiger charge is 2.22. The maximum Gasteiger partial charge on any atom is 0.489 e. The number of hydrogen-bond donors (Lipinski definition) is 2. The number of hydrogen-bond acceptors (Lipinski definition) is 3. The molecule has 108 valence electrons. The summed E-state index contributed by atoms with van der Waals surface area (Å²) in [6.45, 7) is 4.44. The van der Waals surface area contributed by atoms with Gasteiger partial charge in [0.1, 0.15) is 0 Å². The van der Waals surface area contributed by atoms with Gasteiger partial charge in [-0.2, -0.15) is 0 Å². The molecule has 0 aliphatic carbocycles. The van der Waals surface area contributed by atoms with Crippen molar-refractivity contribution in [3.8, 4) is 0 Å². The van der Waals surface area contributed by atoms with E-state index in [2.05, 4.69) is 13.8 Å². The zero-order valence-corrected chi connectivity index (χ0v) is 13.1. The Balaban J connectivity index is 2.63. The summed E-state index contributed by atoms with van der Waals surface area (Å²) in [7, 11) is -1.32. The van der Waals surface area contributed by atoms with Gasteiger partial charge in [-0.3, -0.25) is 0 Å². The molecule has 0 saturated heterocycles. The van der Waals surface area contributed by atoms with Crippen LogP contribution in [0.1, 0.15) is 76.0 Å². The molecule has 1 unspecified atom stereocenters. The number of rotatable bonds is 10. The Morgan fingerprint density at radius 3 is 2.37 bits per heavy atom. The van der Waals surface area contributed by atoms with Crippen LogP contribution in [0.25, 0.3) is 0 Å². The molecule has 1 rings (SSSR count). The minimum Gasteiger partial charge on any atom is -0.423 e. The Morgan fingerprint density at radius 1 is 1.05 bits per heavy atom. The van der Waals surface area contributed by atoms with Crippen LogP contribution in [0.15, 0.2) is 11.4 Å². The molecule has 0 aromatic carbocycles. The zero-order valence-electron chi connectivity index (χ0n) is 12.3. The average molecular weight is 282 g/mol. The van der Waals surface area contributed by atoms with E-state index in [1.54, 1.807) is 11.3 Å². The summed E-state index contributed by atoms with van der Waals surface area (Å²) < 4.78 is 0. The van der Waals surface area contributed by atoms with Crippen molar-refractivity contribution in [3.63, 3.8) is 0 Å². The van der Waals surface area contributed by atoms with E-state index in [-0.39, 0.29) is 0 Å². The third kappa shape index (κ3) is 5.68. The van der Waals surface area contributed by atoms with Crippen molar-refractivity contribution in [2.24, 2.45) is 0 Å². The summed E-state index contributed by atoms with van der Waals surface area (Å²) in [5.74, 6) is 0.508. The summed E-state index contributed by atoms with van der Waals surface area (Å²) in [6, 6.07) is 1.86. The smallest absolute Gasteiger partial charge is 0.423 e. The van der Waals surface area contributed by atoms with E-state index in [0.717, 1.165) is 5.46 Å². The topological polar surface area (TPSA) is 40.5 Å². The summed E-state index contributed by atoms with van der Waals surface area (Å²) in [4.78, 5) is 1.19. The summed E-state index contributed by atoms with van der Waals surface area (Å²) in [5.41, 5.74) is 0.724. The van der Waals surface area contributed by atoms with Crippen molar-refractivity contribution >= 4 is 23.9 Å². The molecule has 0 aliphatic rings. The van der Waals surface area contributed by atoms with Gasteiger partial charge in [-0.15, -0.1) is 11.3 Å². The fraction of sp³-hybridized carbons (Fsp3) is 0.733. The fourth-order valence-corrected chi connectivity index (χ4v) is 3.65. The predicted molar refractivity (Wildman–Crippen MR) is 85.2 cm³/mol. The first-order valence-electron chi connectivity index (χ1n) is 7.64. The lowest BCUT2D eigenvalue weighted by molar-refractivity contribution is 0.424. The van der Waals surface area contributed by atoms with Gasteiger partial charge < -0.3 is 10.0 Å². The molecule has 1 aromatic rings. The minimum atomic E-state index is -1.32. The molecule has 0 fully saturated rings. The van der Waals surface area contributed by atoms with Crippen LogP contribution >= 0.6 is 11.3 Å². The second-order valence-electron chi connectivity index (χ2n) is 5.30. The molecule has 0 radical (unpaired) electrons. The first-order valence-corrected chi connectivity index (χ1v) is 8.52. The summed E-state index contributed by atoms with van der Waals surface area (Å²) >= 11 is 1.68. The molecule has 4 heteroatoms. The zero-order chi connectivity index (χ0) is 14.1. The minimum absolute atomic E-state index is 0.508. The highest BCUT2D eigenvalue weighted by Crippen LogP contribution is 2.30. The van der Waals surface area contributed by atoms with Crippen molar-refractivity contribution in [3.05, 3.63) is 16.3 Å². The molecule has 1 heterocycles. The van der Waals surface area contributed by atoms with Crippen LogP contribution < -0.4 is 5.46 Å². The van der Waals surface area contributed by atoms with Gasteiger partial charge in [0.2, 0.25) is 0 Å². The second-order valence-corrected chi connectivity index (χ2v) is 6.25. The maximum atomic E-state index is 9.44. The van der Waals surface area contributed by atoms with Gasteiger partial charge >= 0.3 is 7.12 Å². The summed E-state index contributed by atoms with van der Waals surface area (Å²) in [5, 5.41) is 20.9. The van der Waals surface area contributed by atoms with Crippen LogP contribution in [0.5, 0.6) is 0 Å². The first-order chi connectivity index (χ1) is 9.20.